The maximum atomic E-state index is 11.2. The Morgan fingerprint density at radius 1 is 1.71 bits per heavy atom. The number of rotatable bonds is 4. The summed E-state index contributed by atoms with van der Waals surface area (Å²) in [6.45, 7) is 1.81. The maximum absolute atomic E-state index is 11.2. The molecule has 0 aliphatic rings. The first-order chi connectivity index (χ1) is 8.06. The Morgan fingerprint density at radius 3 is 3.18 bits per heavy atom. The zero-order chi connectivity index (χ0) is 12.4. The number of aromatic amines is 1. The van der Waals surface area contributed by atoms with Crippen LogP contribution in [0.15, 0.2) is 22.2 Å². The first kappa shape index (κ1) is 11.6. The molecule has 0 aliphatic carbocycles. The number of carboxylic acids is 1. The molecule has 0 spiro atoms. The standard InChI is InChI=1S/C9H10N4O3S/c1-5(2-8(14)15)17-7-3-6-11-12-9(16)13(6)4-10-7/h3-5H,2H2,1H3,(H,12,16)(H,14,15). The molecule has 0 aliphatic heterocycles. The van der Waals surface area contributed by atoms with Crippen molar-refractivity contribution in [1.29, 1.82) is 0 Å². The van der Waals surface area contributed by atoms with E-state index in [1.807, 2.05) is 0 Å². The zero-order valence-corrected chi connectivity index (χ0v) is 9.77. The van der Waals surface area contributed by atoms with Gasteiger partial charge in [-0.05, 0) is 0 Å². The number of carboxylic acid groups (broad SMARTS) is 1. The molecule has 7 nitrogen and oxygen atoms in total. The molecule has 0 saturated carbocycles. The first-order valence-corrected chi connectivity index (χ1v) is 5.75. The highest BCUT2D eigenvalue weighted by Gasteiger charge is 2.11. The number of nitrogens with one attached hydrogen (secondary N) is 1. The molecular formula is C9H10N4O3S. The van der Waals surface area contributed by atoms with Gasteiger partial charge in [0.15, 0.2) is 5.65 Å². The minimum absolute atomic E-state index is 0.0604. The normalized spacial score (nSPS) is 12.8. The van der Waals surface area contributed by atoms with Crippen LogP contribution in [0.25, 0.3) is 5.65 Å². The van der Waals surface area contributed by atoms with Gasteiger partial charge in [-0.3, -0.25) is 4.79 Å². The molecule has 2 aromatic rings. The molecule has 2 heterocycles. The van der Waals surface area contributed by atoms with Crippen LogP contribution in [0.1, 0.15) is 13.3 Å². The van der Waals surface area contributed by atoms with Crippen LogP contribution in [0.3, 0.4) is 0 Å². The predicted molar refractivity (Wildman–Crippen MR) is 61.2 cm³/mol. The van der Waals surface area contributed by atoms with Crippen molar-refractivity contribution >= 4 is 23.4 Å². The van der Waals surface area contributed by atoms with Gasteiger partial charge in [0.1, 0.15) is 11.4 Å². The van der Waals surface area contributed by atoms with Crippen molar-refractivity contribution in [3.8, 4) is 0 Å². The number of aliphatic carboxylic acids is 1. The fourth-order valence-electron chi connectivity index (χ4n) is 1.35. The van der Waals surface area contributed by atoms with Crippen LogP contribution in [0.4, 0.5) is 0 Å². The molecule has 0 fully saturated rings. The second kappa shape index (κ2) is 4.58. The van der Waals surface area contributed by atoms with Gasteiger partial charge in [-0.2, -0.15) is 5.10 Å². The average molecular weight is 254 g/mol. The lowest BCUT2D eigenvalue weighted by Gasteiger charge is -2.06. The third-order valence-electron chi connectivity index (χ3n) is 2.07. The Hall–Kier alpha value is -1.83. The topological polar surface area (TPSA) is 100 Å². The second-order valence-electron chi connectivity index (χ2n) is 3.51. The third kappa shape index (κ3) is 2.64. The summed E-state index contributed by atoms with van der Waals surface area (Å²) in [5.74, 6) is -0.845. The van der Waals surface area contributed by atoms with Crippen molar-refractivity contribution in [3.05, 3.63) is 22.9 Å². The van der Waals surface area contributed by atoms with E-state index >= 15 is 0 Å². The molecule has 2 N–H and O–H groups in total. The molecule has 0 radical (unpaired) electrons. The number of aromatic nitrogens is 4. The Bertz CT molecular complexity index is 606. The van der Waals surface area contributed by atoms with Gasteiger partial charge in [0.25, 0.3) is 0 Å². The molecule has 90 valence electrons. The number of thioether (sulfide) groups is 1. The van der Waals surface area contributed by atoms with Gasteiger partial charge in [-0.1, -0.05) is 6.92 Å². The van der Waals surface area contributed by atoms with Crippen LogP contribution < -0.4 is 5.69 Å². The Morgan fingerprint density at radius 2 is 2.47 bits per heavy atom. The lowest BCUT2D eigenvalue weighted by Crippen LogP contribution is -2.10. The molecular weight excluding hydrogens is 244 g/mol. The van der Waals surface area contributed by atoms with Gasteiger partial charge in [-0.25, -0.2) is 19.3 Å². The second-order valence-corrected chi connectivity index (χ2v) is 4.97. The molecule has 17 heavy (non-hydrogen) atoms. The Balaban J connectivity index is 2.19. The van der Waals surface area contributed by atoms with Gasteiger partial charge in [0.05, 0.1) is 6.42 Å². The van der Waals surface area contributed by atoms with Crippen LogP contribution in [0.2, 0.25) is 0 Å². The lowest BCUT2D eigenvalue weighted by atomic mass is 10.3. The van der Waals surface area contributed by atoms with Gasteiger partial charge < -0.3 is 5.11 Å². The Labute approximate surface area is 99.9 Å². The van der Waals surface area contributed by atoms with Crippen LogP contribution in [-0.4, -0.2) is 35.9 Å². The highest BCUT2D eigenvalue weighted by atomic mass is 32.2. The van der Waals surface area contributed by atoms with E-state index in [0.29, 0.717) is 10.7 Å². The van der Waals surface area contributed by atoms with Crippen LogP contribution >= 0.6 is 11.8 Å². The van der Waals surface area contributed by atoms with E-state index in [4.69, 9.17) is 5.11 Å². The molecule has 1 unspecified atom stereocenters. The minimum atomic E-state index is -0.845. The highest BCUT2D eigenvalue weighted by Crippen LogP contribution is 2.23. The fourth-order valence-corrected chi connectivity index (χ4v) is 2.27. The summed E-state index contributed by atoms with van der Waals surface area (Å²) in [4.78, 5) is 25.8. The Kier molecular flexibility index (Phi) is 3.14. The molecule has 0 saturated heterocycles. The summed E-state index contributed by atoms with van der Waals surface area (Å²) in [6.07, 6.45) is 1.43. The van der Waals surface area contributed by atoms with Gasteiger partial charge in [0.2, 0.25) is 0 Å². The summed E-state index contributed by atoms with van der Waals surface area (Å²) in [5, 5.41) is 15.3. The minimum Gasteiger partial charge on any atom is -0.481 e. The van der Waals surface area contributed by atoms with Crippen molar-refractivity contribution in [2.75, 3.05) is 0 Å². The van der Waals surface area contributed by atoms with Crippen LogP contribution in [0.5, 0.6) is 0 Å². The van der Waals surface area contributed by atoms with Gasteiger partial charge in [-0.15, -0.1) is 11.8 Å². The largest absolute Gasteiger partial charge is 0.481 e. The number of carbonyl (C=O) groups is 1. The van der Waals surface area contributed by atoms with Gasteiger partial charge >= 0.3 is 11.7 Å². The predicted octanol–water partition coefficient (Wildman–Crippen LogP) is 0.373. The van der Waals surface area contributed by atoms with Crippen molar-refractivity contribution in [3.63, 3.8) is 0 Å². The first-order valence-electron chi connectivity index (χ1n) is 4.87. The number of hydrogen-bond donors (Lipinski definition) is 2. The smallest absolute Gasteiger partial charge is 0.348 e. The van der Waals surface area contributed by atoms with Gasteiger partial charge in [0, 0.05) is 11.3 Å². The molecule has 0 bridgehead atoms. The molecule has 8 heteroatoms. The van der Waals surface area contributed by atoms with Crippen LogP contribution in [0, 0.1) is 0 Å². The van der Waals surface area contributed by atoms with Crippen LogP contribution in [-0.2, 0) is 4.79 Å². The monoisotopic (exact) mass is 254 g/mol. The fraction of sp³-hybridized carbons (Fsp3) is 0.333. The molecule has 0 amide bonds. The molecule has 0 aromatic carbocycles. The van der Waals surface area contributed by atoms with E-state index in [0.717, 1.165) is 0 Å². The van der Waals surface area contributed by atoms with Crippen molar-refractivity contribution in [2.24, 2.45) is 0 Å². The average Bonchev–Trinajstić information content (AvgIpc) is 2.58. The summed E-state index contributed by atoms with van der Waals surface area (Å²) in [7, 11) is 0. The number of hydrogen-bond acceptors (Lipinski definition) is 5. The summed E-state index contributed by atoms with van der Waals surface area (Å²) >= 11 is 1.33. The van der Waals surface area contributed by atoms with E-state index in [2.05, 4.69) is 15.2 Å². The van der Waals surface area contributed by atoms with E-state index in [1.54, 1.807) is 13.0 Å². The number of nitrogens with zero attached hydrogens (tertiary/aromatic N) is 3. The SMILES string of the molecule is CC(CC(=O)O)Sc1cc2n[nH]c(=O)n2cn1. The lowest BCUT2D eigenvalue weighted by molar-refractivity contribution is -0.136. The summed E-state index contributed by atoms with van der Waals surface area (Å²) in [5.41, 5.74) is 0.123. The molecule has 2 aromatic heterocycles. The maximum Gasteiger partial charge on any atom is 0.348 e. The van der Waals surface area contributed by atoms with E-state index in [9.17, 15) is 9.59 Å². The zero-order valence-electron chi connectivity index (χ0n) is 8.95. The molecule has 2 rings (SSSR count). The number of H-pyrrole nitrogens is 1. The third-order valence-corrected chi connectivity index (χ3v) is 3.10. The van der Waals surface area contributed by atoms with Crippen molar-refractivity contribution < 1.29 is 9.90 Å². The molecule has 1 atom stereocenters. The highest BCUT2D eigenvalue weighted by molar-refractivity contribution is 7.99. The van der Waals surface area contributed by atoms with E-state index in [-0.39, 0.29) is 17.4 Å². The van der Waals surface area contributed by atoms with Crippen molar-refractivity contribution in [2.45, 2.75) is 23.6 Å². The summed E-state index contributed by atoms with van der Waals surface area (Å²) in [6, 6.07) is 1.64. The van der Waals surface area contributed by atoms with Crippen molar-refractivity contribution in [1.82, 2.24) is 19.6 Å². The summed E-state index contributed by atoms with van der Waals surface area (Å²) < 4.78 is 1.28. The quantitative estimate of drug-likeness (QED) is 0.604. The van der Waals surface area contributed by atoms with E-state index < -0.39 is 5.97 Å². The number of fused-ring (bicyclic) bond motifs is 1. The van der Waals surface area contributed by atoms with E-state index in [1.165, 1.54) is 22.5 Å².